The fourth-order valence-electron chi connectivity index (χ4n) is 3.95. The molecule has 5 N–H and O–H groups in total. The molecular formula is C22H16Cl2FN3O3. The molecule has 1 aliphatic rings. The normalized spacial score (nSPS) is 17.9. The van der Waals surface area contributed by atoms with Crippen molar-refractivity contribution in [3.8, 4) is 0 Å². The molecule has 0 radical (unpaired) electrons. The van der Waals surface area contributed by atoms with Crippen molar-refractivity contribution in [1.29, 1.82) is 0 Å². The van der Waals surface area contributed by atoms with Crippen molar-refractivity contribution < 1.29 is 19.1 Å². The number of hydrogen-bond donors (Lipinski definition) is 4. The minimum absolute atomic E-state index is 0.0375. The molecule has 0 aromatic heterocycles. The van der Waals surface area contributed by atoms with E-state index in [2.05, 4.69) is 10.6 Å². The van der Waals surface area contributed by atoms with Crippen molar-refractivity contribution >= 4 is 46.5 Å². The van der Waals surface area contributed by atoms with E-state index in [1.165, 1.54) is 30.3 Å². The molecule has 3 aromatic rings. The van der Waals surface area contributed by atoms with E-state index in [4.69, 9.17) is 28.9 Å². The second-order valence-corrected chi connectivity index (χ2v) is 7.92. The predicted octanol–water partition coefficient (Wildman–Crippen LogP) is 4.79. The summed E-state index contributed by atoms with van der Waals surface area (Å²) in [5, 5.41) is 16.2. The van der Waals surface area contributed by atoms with Crippen LogP contribution in [0.1, 0.15) is 27.4 Å². The molecule has 0 aliphatic carbocycles. The third-order valence-corrected chi connectivity index (χ3v) is 5.82. The zero-order chi connectivity index (χ0) is 22.3. The molecule has 0 saturated heterocycles. The second kappa shape index (κ2) is 7.76. The molecule has 9 heteroatoms. The lowest BCUT2D eigenvalue weighted by Gasteiger charge is -2.38. The summed E-state index contributed by atoms with van der Waals surface area (Å²) in [4.78, 5) is 24.2. The average Bonchev–Trinajstić information content (AvgIpc) is 3.06. The number of carboxylic acids is 1. The van der Waals surface area contributed by atoms with Crippen molar-refractivity contribution in [2.24, 2.45) is 5.73 Å². The van der Waals surface area contributed by atoms with Gasteiger partial charge in [-0.2, -0.15) is 0 Å². The molecular weight excluding hydrogens is 444 g/mol. The van der Waals surface area contributed by atoms with Gasteiger partial charge in [0.2, 0.25) is 5.91 Å². The lowest BCUT2D eigenvalue weighted by Crippen LogP contribution is -2.50. The topological polar surface area (TPSA) is 104 Å². The van der Waals surface area contributed by atoms with E-state index < -0.39 is 29.3 Å². The third-order valence-electron chi connectivity index (χ3n) is 5.19. The highest BCUT2D eigenvalue weighted by atomic mass is 35.5. The van der Waals surface area contributed by atoms with Gasteiger partial charge in [0.1, 0.15) is 11.7 Å². The summed E-state index contributed by atoms with van der Waals surface area (Å²) in [6.45, 7) is 0. The number of benzene rings is 3. The third kappa shape index (κ3) is 3.56. The van der Waals surface area contributed by atoms with Crippen LogP contribution < -0.4 is 16.4 Å². The number of halogens is 3. The Balaban J connectivity index is 1.99. The van der Waals surface area contributed by atoms with Crippen molar-refractivity contribution in [2.75, 3.05) is 10.6 Å². The molecule has 0 fully saturated rings. The molecule has 31 heavy (non-hydrogen) atoms. The molecule has 6 nitrogen and oxygen atoms in total. The summed E-state index contributed by atoms with van der Waals surface area (Å²) in [5.74, 6) is -3.60. The first kappa shape index (κ1) is 21.0. The van der Waals surface area contributed by atoms with Crippen LogP contribution in [-0.4, -0.2) is 17.0 Å². The number of carbonyl (C=O) groups excluding carboxylic acids is 1. The number of nitrogens with one attached hydrogen (secondary N) is 2. The van der Waals surface area contributed by atoms with Crippen LogP contribution in [0.2, 0.25) is 10.0 Å². The fraction of sp³-hybridized carbons (Fsp3) is 0.0909. The predicted molar refractivity (Wildman–Crippen MR) is 117 cm³/mol. The Morgan fingerprint density at radius 1 is 0.968 bits per heavy atom. The number of primary amides is 1. The Kier molecular flexibility index (Phi) is 5.24. The van der Waals surface area contributed by atoms with Gasteiger partial charge in [-0.05, 0) is 48.0 Å². The molecule has 0 bridgehead atoms. The Hall–Kier alpha value is -3.29. The van der Waals surface area contributed by atoms with Gasteiger partial charge in [0.25, 0.3) is 0 Å². The minimum atomic E-state index is -1.51. The summed E-state index contributed by atoms with van der Waals surface area (Å²) in [5.41, 5.74) is 5.86. The molecule has 2 unspecified atom stereocenters. The van der Waals surface area contributed by atoms with Gasteiger partial charge in [0.15, 0.2) is 5.66 Å². The van der Waals surface area contributed by atoms with Crippen LogP contribution in [0.3, 0.4) is 0 Å². The Labute approximate surface area is 186 Å². The Morgan fingerprint density at radius 3 is 2.23 bits per heavy atom. The van der Waals surface area contributed by atoms with E-state index >= 15 is 0 Å². The number of anilines is 2. The lowest BCUT2D eigenvalue weighted by molar-refractivity contribution is -0.120. The van der Waals surface area contributed by atoms with Crippen LogP contribution in [-0.2, 0) is 10.5 Å². The zero-order valence-electron chi connectivity index (χ0n) is 15.8. The van der Waals surface area contributed by atoms with Crippen LogP contribution in [0, 0.1) is 5.82 Å². The van der Waals surface area contributed by atoms with E-state index in [0.717, 1.165) is 0 Å². The molecule has 0 saturated carbocycles. The molecule has 0 spiro atoms. The number of fused-ring (bicyclic) bond motifs is 1. The van der Waals surface area contributed by atoms with Crippen molar-refractivity contribution in [3.05, 3.63) is 93.2 Å². The average molecular weight is 460 g/mol. The number of aromatic carboxylic acids is 1. The lowest BCUT2D eigenvalue weighted by atomic mass is 9.80. The molecule has 3 aromatic carbocycles. The maximum absolute atomic E-state index is 14.1. The molecule has 4 rings (SSSR count). The zero-order valence-corrected chi connectivity index (χ0v) is 17.3. The van der Waals surface area contributed by atoms with Gasteiger partial charge in [0, 0.05) is 15.6 Å². The molecule has 1 heterocycles. The summed E-state index contributed by atoms with van der Waals surface area (Å²) in [6, 6.07) is 14.7. The van der Waals surface area contributed by atoms with Crippen molar-refractivity contribution in [2.45, 2.75) is 11.6 Å². The maximum atomic E-state index is 14.1. The molecule has 1 aliphatic heterocycles. The molecule has 2 atom stereocenters. The largest absolute Gasteiger partial charge is 0.478 e. The molecule has 158 valence electrons. The standard InChI is InChI=1S/C22H16Cl2FN3O3/c23-14-5-2-6-15(24)19(14)22(18(20(26)29)11-3-1-4-13(25)9-11)27-16-8-7-12(21(30)31)10-17(16)28-22/h1-10,18,27-28H,(H2,26,29)(H,30,31). The smallest absolute Gasteiger partial charge is 0.335 e. The van der Waals surface area contributed by atoms with Crippen molar-refractivity contribution in [3.63, 3.8) is 0 Å². The summed E-state index contributed by atoms with van der Waals surface area (Å²) < 4.78 is 14.1. The van der Waals surface area contributed by atoms with Gasteiger partial charge in [-0.15, -0.1) is 0 Å². The monoisotopic (exact) mass is 459 g/mol. The van der Waals surface area contributed by atoms with Crippen LogP contribution in [0.15, 0.2) is 60.7 Å². The van der Waals surface area contributed by atoms with E-state index in [1.807, 2.05) is 0 Å². The van der Waals surface area contributed by atoms with Gasteiger partial charge >= 0.3 is 5.97 Å². The number of rotatable bonds is 5. The first-order valence-electron chi connectivity index (χ1n) is 9.16. The van der Waals surface area contributed by atoms with Gasteiger partial charge in [-0.1, -0.05) is 41.4 Å². The summed E-state index contributed by atoms with van der Waals surface area (Å²) >= 11 is 13.0. The maximum Gasteiger partial charge on any atom is 0.335 e. The highest BCUT2D eigenvalue weighted by Crippen LogP contribution is 2.51. The van der Waals surface area contributed by atoms with Crippen LogP contribution in [0.25, 0.3) is 0 Å². The number of hydrogen-bond acceptors (Lipinski definition) is 4. The van der Waals surface area contributed by atoms with Gasteiger partial charge in [-0.3, -0.25) is 4.79 Å². The highest BCUT2D eigenvalue weighted by molar-refractivity contribution is 6.36. The number of nitrogens with two attached hydrogens (primary N) is 1. The summed E-state index contributed by atoms with van der Waals surface area (Å²) in [6.07, 6.45) is 0. The fourth-order valence-corrected chi connectivity index (χ4v) is 4.64. The minimum Gasteiger partial charge on any atom is -0.478 e. The van der Waals surface area contributed by atoms with Gasteiger partial charge < -0.3 is 21.5 Å². The number of amides is 1. The van der Waals surface area contributed by atoms with E-state index in [9.17, 15) is 19.1 Å². The first-order valence-corrected chi connectivity index (χ1v) is 9.91. The summed E-state index contributed by atoms with van der Waals surface area (Å²) in [7, 11) is 0. The number of carboxylic acid groups (broad SMARTS) is 1. The molecule has 1 amide bonds. The Morgan fingerprint density at radius 2 is 1.61 bits per heavy atom. The first-order chi connectivity index (χ1) is 14.7. The van der Waals surface area contributed by atoms with Crippen LogP contribution in [0.5, 0.6) is 0 Å². The van der Waals surface area contributed by atoms with Crippen LogP contribution in [0.4, 0.5) is 15.8 Å². The van der Waals surface area contributed by atoms with Gasteiger partial charge in [0.05, 0.1) is 16.9 Å². The second-order valence-electron chi connectivity index (χ2n) is 7.11. The van der Waals surface area contributed by atoms with Gasteiger partial charge in [-0.25, -0.2) is 9.18 Å². The highest BCUT2D eigenvalue weighted by Gasteiger charge is 2.51. The van der Waals surface area contributed by atoms with Crippen molar-refractivity contribution in [1.82, 2.24) is 0 Å². The van der Waals surface area contributed by atoms with E-state index in [0.29, 0.717) is 16.9 Å². The number of carbonyl (C=O) groups is 2. The SMILES string of the molecule is NC(=O)C(c1cccc(F)c1)C1(c2c(Cl)cccc2Cl)Nc2ccc(C(=O)O)cc2N1. The van der Waals surface area contributed by atoms with E-state index in [-0.39, 0.29) is 21.2 Å². The quantitative estimate of drug-likeness (QED) is 0.438. The Bertz CT molecular complexity index is 1200. The van der Waals surface area contributed by atoms with Crippen LogP contribution >= 0.6 is 23.2 Å². The van der Waals surface area contributed by atoms with E-state index in [1.54, 1.807) is 30.3 Å².